The van der Waals surface area contributed by atoms with Gasteiger partial charge in [0, 0.05) is 17.8 Å². The molecular formula is C10H13BrN2. The molecule has 0 unspecified atom stereocenters. The van der Waals surface area contributed by atoms with Gasteiger partial charge in [0.25, 0.3) is 0 Å². The van der Waals surface area contributed by atoms with E-state index >= 15 is 0 Å². The van der Waals surface area contributed by atoms with Crippen LogP contribution in [-0.2, 0) is 0 Å². The van der Waals surface area contributed by atoms with Crippen LogP contribution in [0.15, 0.2) is 22.9 Å². The van der Waals surface area contributed by atoms with Gasteiger partial charge in [-0.25, -0.2) is 4.98 Å². The Morgan fingerprint density at radius 3 is 3.00 bits per heavy atom. The lowest BCUT2D eigenvalue weighted by Crippen LogP contribution is -2.11. The first-order chi connectivity index (χ1) is 6.27. The smallest absolute Gasteiger partial charge is 0.110 e. The van der Waals surface area contributed by atoms with Gasteiger partial charge in [-0.3, -0.25) is 0 Å². The molecule has 0 spiro atoms. The number of nitrogens with two attached hydrogens (primary N) is 1. The van der Waals surface area contributed by atoms with E-state index < -0.39 is 0 Å². The topological polar surface area (TPSA) is 38.9 Å². The molecule has 1 aliphatic rings. The van der Waals surface area contributed by atoms with Gasteiger partial charge in [-0.2, -0.15) is 0 Å². The van der Waals surface area contributed by atoms with Crippen LogP contribution in [0.1, 0.15) is 30.9 Å². The molecule has 70 valence electrons. The van der Waals surface area contributed by atoms with Gasteiger partial charge in [0.15, 0.2) is 0 Å². The fraction of sp³-hybridized carbons (Fsp3) is 0.500. The van der Waals surface area contributed by atoms with Crippen molar-refractivity contribution < 1.29 is 0 Å². The average molecular weight is 241 g/mol. The zero-order valence-corrected chi connectivity index (χ0v) is 9.00. The van der Waals surface area contributed by atoms with Crippen molar-refractivity contribution in [2.24, 2.45) is 11.7 Å². The normalized spacial score (nSPS) is 18.6. The molecule has 3 heteroatoms. The third-order valence-electron chi connectivity index (χ3n) is 2.47. The number of halogens is 1. The van der Waals surface area contributed by atoms with E-state index in [9.17, 15) is 0 Å². The maximum Gasteiger partial charge on any atom is 0.110 e. The Morgan fingerprint density at radius 2 is 2.38 bits per heavy atom. The van der Waals surface area contributed by atoms with Crippen molar-refractivity contribution in [2.45, 2.75) is 25.3 Å². The first kappa shape index (κ1) is 9.16. The molecule has 0 saturated heterocycles. The van der Waals surface area contributed by atoms with Crippen LogP contribution in [0, 0.1) is 5.92 Å². The maximum atomic E-state index is 6.07. The summed E-state index contributed by atoms with van der Waals surface area (Å²) in [6, 6.07) is 4.13. The summed E-state index contributed by atoms with van der Waals surface area (Å²) in [6.07, 6.45) is 5.58. The summed E-state index contributed by atoms with van der Waals surface area (Å²) >= 11 is 3.42. The second-order valence-electron chi connectivity index (χ2n) is 3.67. The molecule has 0 radical (unpaired) electrons. The minimum Gasteiger partial charge on any atom is -0.324 e. The van der Waals surface area contributed by atoms with E-state index in [0.29, 0.717) is 0 Å². The molecule has 1 aromatic rings. The summed E-state index contributed by atoms with van der Waals surface area (Å²) in [5, 5.41) is 0. The van der Waals surface area contributed by atoms with E-state index in [1.807, 2.05) is 12.1 Å². The quantitative estimate of drug-likeness (QED) is 0.826. The van der Waals surface area contributed by atoms with Crippen LogP contribution in [0.3, 0.4) is 0 Å². The zero-order valence-electron chi connectivity index (χ0n) is 7.41. The Labute approximate surface area is 86.7 Å². The van der Waals surface area contributed by atoms with Gasteiger partial charge < -0.3 is 5.73 Å². The summed E-state index contributed by atoms with van der Waals surface area (Å²) in [5.41, 5.74) is 7.20. The number of hydrogen-bond acceptors (Lipinski definition) is 2. The number of nitrogens with zero attached hydrogens (tertiary/aromatic N) is 1. The summed E-state index contributed by atoms with van der Waals surface area (Å²) in [7, 11) is 0. The molecule has 0 aliphatic heterocycles. The molecule has 0 aromatic carbocycles. The number of pyridine rings is 1. The molecule has 1 saturated carbocycles. The molecule has 2 N–H and O–H groups in total. The Balaban J connectivity index is 2.09. The average Bonchev–Trinajstić information content (AvgIpc) is 2.89. The Morgan fingerprint density at radius 1 is 1.62 bits per heavy atom. The summed E-state index contributed by atoms with van der Waals surface area (Å²) < 4.78 is 0.892. The predicted octanol–water partition coefficient (Wildman–Crippen LogP) is 2.64. The largest absolute Gasteiger partial charge is 0.324 e. The molecule has 0 amide bonds. The van der Waals surface area contributed by atoms with Crippen LogP contribution in [0.5, 0.6) is 0 Å². The maximum absolute atomic E-state index is 6.07. The van der Waals surface area contributed by atoms with E-state index in [1.54, 1.807) is 6.20 Å². The minimum atomic E-state index is 0.149. The van der Waals surface area contributed by atoms with Gasteiger partial charge in [0.05, 0.1) is 0 Å². The van der Waals surface area contributed by atoms with Crippen LogP contribution in [-0.4, -0.2) is 4.98 Å². The molecule has 1 fully saturated rings. The van der Waals surface area contributed by atoms with E-state index in [2.05, 4.69) is 20.9 Å². The number of hydrogen-bond donors (Lipinski definition) is 1. The Kier molecular flexibility index (Phi) is 2.65. The lowest BCUT2D eigenvalue weighted by atomic mass is 10.0. The summed E-state index contributed by atoms with van der Waals surface area (Å²) in [6.45, 7) is 0. The fourth-order valence-electron chi connectivity index (χ4n) is 1.51. The van der Waals surface area contributed by atoms with Crippen LogP contribution >= 0.6 is 15.9 Å². The van der Waals surface area contributed by atoms with Crippen LogP contribution in [0.2, 0.25) is 0 Å². The zero-order chi connectivity index (χ0) is 9.26. The van der Waals surface area contributed by atoms with Crippen molar-refractivity contribution in [3.05, 3.63) is 28.5 Å². The molecule has 13 heavy (non-hydrogen) atoms. The molecular weight excluding hydrogens is 228 g/mol. The number of aromatic nitrogens is 1. The highest BCUT2D eigenvalue weighted by atomic mass is 79.9. The summed E-state index contributed by atoms with van der Waals surface area (Å²) in [4.78, 5) is 4.16. The minimum absolute atomic E-state index is 0.149. The monoisotopic (exact) mass is 240 g/mol. The molecule has 2 nitrogen and oxygen atoms in total. The highest BCUT2D eigenvalue weighted by Crippen LogP contribution is 2.37. The standard InChI is InChI=1S/C10H13BrN2/c11-10-8(2-1-5-13-10)9(12)6-7-3-4-7/h1-2,5,7,9H,3-4,6,12H2/t9-/m1/s1. The molecule has 1 heterocycles. The van der Waals surface area contributed by atoms with E-state index in [0.717, 1.165) is 22.5 Å². The highest BCUT2D eigenvalue weighted by molar-refractivity contribution is 9.10. The lowest BCUT2D eigenvalue weighted by molar-refractivity contribution is 0.593. The Bertz CT molecular complexity index is 297. The van der Waals surface area contributed by atoms with E-state index in [4.69, 9.17) is 5.73 Å². The third kappa shape index (κ3) is 2.29. The van der Waals surface area contributed by atoms with Crippen molar-refractivity contribution in [3.63, 3.8) is 0 Å². The molecule has 1 aromatic heterocycles. The van der Waals surface area contributed by atoms with Gasteiger partial charge in [0.2, 0.25) is 0 Å². The predicted molar refractivity (Wildman–Crippen MR) is 56.2 cm³/mol. The van der Waals surface area contributed by atoms with E-state index in [-0.39, 0.29) is 6.04 Å². The Hall–Kier alpha value is -0.410. The van der Waals surface area contributed by atoms with Crippen molar-refractivity contribution in [1.29, 1.82) is 0 Å². The van der Waals surface area contributed by atoms with E-state index in [1.165, 1.54) is 12.8 Å². The third-order valence-corrected chi connectivity index (χ3v) is 3.13. The van der Waals surface area contributed by atoms with Gasteiger partial charge in [0.1, 0.15) is 4.60 Å². The molecule has 1 aliphatic carbocycles. The van der Waals surface area contributed by atoms with Crippen LogP contribution in [0.4, 0.5) is 0 Å². The van der Waals surface area contributed by atoms with Gasteiger partial charge in [-0.1, -0.05) is 18.9 Å². The first-order valence-electron chi connectivity index (χ1n) is 4.63. The SMILES string of the molecule is N[C@H](CC1CC1)c1cccnc1Br. The van der Waals surface area contributed by atoms with Crippen molar-refractivity contribution in [3.8, 4) is 0 Å². The molecule has 1 atom stereocenters. The lowest BCUT2D eigenvalue weighted by Gasteiger charge is -2.11. The van der Waals surface area contributed by atoms with Crippen LogP contribution < -0.4 is 5.73 Å². The fourth-order valence-corrected chi connectivity index (χ4v) is 2.06. The van der Waals surface area contributed by atoms with Gasteiger partial charge in [-0.15, -0.1) is 0 Å². The van der Waals surface area contributed by atoms with Crippen molar-refractivity contribution in [2.75, 3.05) is 0 Å². The first-order valence-corrected chi connectivity index (χ1v) is 5.42. The van der Waals surface area contributed by atoms with Gasteiger partial charge in [-0.05, 0) is 34.3 Å². The second kappa shape index (κ2) is 3.76. The summed E-state index contributed by atoms with van der Waals surface area (Å²) in [5.74, 6) is 0.863. The van der Waals surface area contributed by atoms with Crippen molar-refractivity contribution >= 4 is 15.9 Å². The second-order valence-corrected chi connectivity index (χ2v) is 4.42. The van der Waals surface area contributed by atoms with Crippen molar-refractivity contribution in [1.82, 2.24) is 4.98 Å². The molecule has 2 rings (SSSR count). The van der Waals surface area contributed by atoms with Gasteiger partial charge >= 0.3 is 0 Å². The highest BCUT2D eigenvalue weighted by Gasteiger charge is 2.25. The van der Waals surface area contributed by atoms with Crippen LogP contribution in [0.25, 0.3) is 0 Å². The molecule has 0 bridgehead atoms. The number of rotatable bonds is 3.